The van der Waals surface area contributed by atoms with Gasteiger partial charge in [0.2, 0.25) is 5.95 Å². The van der Waals surface area contributed by atoms with Crippen molar-refractivity contribution in [1.29, 1.82) is 0 Å². The molecule has 1 aromatic carbocycles. The van der Waals surface area contributed by atoms with Crippen LogP contribution in [0.5, 0.6) is 0 Å². The average Bonchev–Trinajstić information content (AvgIpc) is 2.37. The Hall–Kier alpha value is -1.87. The minimum Gasteiger partial charge on any atom is -0.247 e. The van der Waals surface area contributed by atoms with Gasteiger partial charge in [-0.15, -0.1) is 0 Å². The summed E-state index contributed by atoms with van der Waals surface area (Å²) in [6.07, 6.45) is -2.00. The summed E-state index contributed by atoms with van der Waals surface area (Å²) < 4.78 is 63.6. The summed E-state index contributed by atoms with van der Waals surface area (Å²) in [4.78, 5) is 6.81. The van der Waals surface area contributed by atoms with Crippen LogP contribution in [0, 0.1) is 0 Å². The molecule has 0 saturated heterocycles. The van der Waals surface area contributed by atoms with Gasteiger partial charge in [-0.3, -0.25) is 0 Å². The first-order chi connectivity index (χ1) is 9.70. The first-order valence-electron chi connectivity index (χ1n) is 5.37. The molecule has 0 fully saturated rings. The third kappa shape index (κ3) is 3.61. The van der Waals surface area contributed by atoms with Crippen LogP contribution in [0.4, 0.5) is 19.1 Å². The number of sulfonamides is 1. The van der Waals surface area contributed by atoms with Gasteiger partial charge < -0.3 is 0 Å². The Morgan fingerprint density at radius 3 is 2.29 bits per heavy atom. The minimum absolute atomic E-state index is 0.214. The van der Waals surface area contributed by atoms with Gasteiger partial charge in [-0.1, -0.05) is 11.6 Å². The molecule has 0 atom stereocenters. The summed E-state index contributed by atoms with van der Waals surface area (Å²) in [6, 6.07) is 3.42. The second-order valence-corrected chi connectivity index (χ2v) is 5.88. The van der Waals surface area contributed by atoms with Gasteiger partial charge >= 0.3 is 6.18 Å². The van der Waals surface area contributed by atoms with E-state index in [0.29, 0.717) is 12.1 Å². The first-order valence-corrected chi connectivity index (χ1v) is 7.23. The Kier molecular flexibility index (Phi) is 4.06. The van der Waals surface area contributed by atoms with Gasteiger partial charge in [-0.2, -0.15) is 13.2 Å². The molecule has 0 radical (unpaired) electrons. The molecule has 1 heterocycles. The normalized spacial score (nSPS) is 12.2. The van der Waals surface area contributed by atoms with Gasteiger partial charge in [-0.25, -0.2) is 23.1 Å². The highest BCUT2D eigenvalue weighted by molar-refractivity contribution is 7.92. The highest BCUT2D eigenvalue weighted by Gasteiger charge is 2.32. The van der Waals surface area contributed by atoms with Crippen LogP contribution in [-0.2, 0) is 16.2 Å². The molecule has 5 nitrogen and oxygen atoms in total. The van der Waals surface area contributed by atoms with Crippen molar-refractivity contribution in [2.24, 2.45) is 0 Å². The molecular weight excluding hydrogens is 331 g/mol. The van der Waals surface area contributed by atoms with Crippen molar-refractivity contribution in [2.45, 2.75) is 11.1 Å². The first kappa shape index (κ1) is 15.5. The lowest BCUT2D eigenvalue weighted by atomic mass is 10.2. The number of benzene rings is 1. The van der Waals surface area contributed by atoms with E-state index in [4.69, 9.17) is 11.6 Å². The van der Waals surface area contributed by atoms with Crippen molar-refractivity contribution < 1.29 is 21.6 Å². The predicted molar refractivity (Wildman–Crippen MR) is 69.3 cm³/mol. The third-order valence-corrected chi connectivity index (χ3v) is 4.15. The number of nitrogens with one attached hydrogen (secondary N) is 1. The van der Waals surface area contributed by atoms with Gasteiger partial charge in [0, 0.05) is 12.4 Å². The van der Waals surface area contributed by atoms with Gasteiger partial charge in [0.25, 0.3) is 10.0 Å². The standard InChI is InChI=1S/C11H7ClF3N3O2S/c12-8-6-7(11(13,14)15)2-3-9(8)21(19,20)18-10-16-4-1-5-17-10/h1-6H,(H,16,17,18). The second-order valence-electron chi connectivity index (χ2n) is 3.82. The molecule has 21 heavy (non-hydrogen) atoms. The maximum Gasteiger partial charge on any atom is 0.416 e. The van der Waals surface area contributed by atoms with E-state index < -0.39 is 31.7 Å². The van der Waals surface area contributed by atoms with Crippen molar-refractivity contribution in [1.82, 2.24) is 9.97 Å². The molecule has 0 bridgehead atoms. The van der Waals surface area contributed by atoms with Crippen molar-refractivity contribution in [3.8, 4) is 0 Å². The highest BCUT2D eigenvalue weighted by Crippen LogP contribution is 2.33. The number of anilines is 1. The fraction of sp³-hybridized carbons (Fsp3) is 0.0909. The van der Waals surface area contributed by atoms with Crippen molar-refractivity contribution in [3.63, 3.8) is 0 Å². The Labute approximate surface area is 122 Å². The molecule has 0 aliphatic heterocycles. The van der Waals surface area contributed by atoms with E-state index in [1.807, 2.05) is 4.72 Å². The number of nitrogens with zero attached hydrogens (tertiary/aromatic N) is 2. The second kappa shape index (κ2) is 5.49. The molecule has 0 saturated carbocycles. The number of aromatic nitrogens is 2. The fourth-order valence-corrected chi connectivity index (χ4v) is 2.93. The smallest absolute Gasteiger partial charge is 0.247 e. The molecule has 1 aromatic heterocycles. The van der Waals surface area contributed by atoms with Crippen LogP contribution >= 0.6 is 11.6 Å². The fourth-order valence-electron chi connectivity index (χ4n) is 1.42. The summed E-state index contributed by atoms with van der Waals surface area (Å²) in [5, 5.41) is -0.548. The zero-order chi connectivity index (χ0) is 15.7. The van der Waals surface area contributed by atoms with E-state index in [2.05, 4.69) is 9.97 Å². The molecule has 112 valence electrons. The van der Waals surface area contributed by atoms with Crippen LogP contribution < -0.4 is 4.72 Å². The largest absolute Gasteiger partial charge is 0.416 e. The zero-order valence-electron chi connectivity index (χ0n) is 10.1. The average molecular weight is 338 g/mol. The lowest BCUT2D eigenvalue weighted by molar-refractivity contribution is -0.137. The van der Waals surface area contributed by atoms with Gasteiger partial charge in [0.05, 0.1) is 10.6 Å². The van der Waals surface area contributed by atoms with Crippen LogP contribution in [0.25, 0.3) is 0 Å². The predicted octanol–water partition coefficient (Wildman–Crippen LogP) is 2.95. The topological polar surface area (TPSA) is 72.0 Å². The Bertz CT molecular complexity index is 751. The monoisotopic (exact) mass is 337 g/mol. The number of hydrogen-bond acceptors (Lipinski definition) is 4. The van der Waals surface area contributed by atoms with Gasteiger partial charge in [0.15, 0.2) is 0 Å². The van der Waals surface area contributed by atoms with Crippen LogP contribution in [0.15, 0.2) is 41.6 Å². The van der Waals surface area contributed by atoms with Crippen LogP contribution in [-0.4, -0.2) is 18.4 Å². The van der Waals surface area contributed by atoms with Crippen molar-refractivity contribution in [3.05, 3.63) is 47.2 Å². The van der Waals surface area contributed by atoms with E-state index in [9.17, 15) is 21.6 Å². The van der Waals surface area contributed by atoms with E-state index in [1.165, 1.54) is 18.5 Å². The van der Waals surface area contributed by atoms with Crippen LogP contribution in [0.2, 0.25) is 5.02 Å². The van der Waals surface area contributed by atoms with Crippen LogP contribution in [0.1, 0.15) is 5.56 Å². The summed E-state index contributed by atoms with van der Waals surface area (Å²) in [5.41, 5.74) is -1.04. The molecule has 10 heteroatoms. The quantitative estimate of drug-likeness (QED) is 0.934. The van der Waals surface area contributed by atoms with Crippen LogP contribution in [0.3, 0.4) is 0 Å². The molecule has 2 rings (SSSR count). The molecule has 0 aliphatic rings. The summed E-state index contributed by atoms with van der Waals surface area (Å²) in [6.45, 7) is 0. The number of hydrogen-bond donors (Lipinski definition) is 1. The van der Waals surface area contributed by atoms with E-state index >= 15 is 0 Å². The summed E-state index contributed by atoms with van der Waals surface area (Å²) in [5.74, 6) is -0.214. The maximum absolute atomic E-state index is 12.5. The number of rotatable bonds is 3. The van der Waals surface area contributed by atoms with E-state index in [-0.39, 0.29) is 5.95 Å². The molecule has 0 amide bonds. The SMILES string of the molecule is O=S(=O)(Nc1ncccn1)c1ccc(C(F)(F)F)cc1Cl. The Balaban J connectivity index is 2.37. The van der Waals surface area contributed by atoms with Crippen molar-refractivity contribution >= 4 is 27.6 Å². The third-order valence-electron chi connectivity index (χ3n) is 2.34. The highest BCUT2D eigenvalue weighted by atomic mass is 35.5. The molecule has 0 unspecified atom stereocenters. The molecule has 1 N–H and O–H groups in total. The lowest BCUT2D eigenvalue weighted by Crippen LogP contribution is -2.16. The molecule has 2 aromatic rings. The number of halogens is 4. The van der Waals surface area contributed by atoms with E-state index in [0.717, 1.165) is 6.07 Å². The Morgan fingerprint density at radius 2 is 1.76 bits per heavy atom. The van der Waals surface area contributed by atoms with Crippen molar-refractivity contribution in [2.75, 3.05) is 4.72 Å². The molecule has 0 aliphatic carbocycles. The van der Waals surface area contributed by atoms with Gasteiger partial charge in [0.1, 0.15) is 4.90 Å². The summed E-state index contributed by atoms with van der Waals surface area (Å²) in [7, 11) is -4.18. The molecule has 0 spiro atoms. The molecular formula is C11H7ClF3N3O2S. The van der Waals surface area contributed by atoms with Gasteiger partial charge in [-0.05, 0) is 24.3 Å². The Morgan fingerprint density at radius 1 is 1.14 bits per heavy atom. The van der Waals surface area contributed by atoms with E-state index in [1.54, 1.807) is 0 Å². The summed E-state index contributed by atoms with van der Waals surface area (Å²) >= 11 is 5.63. The lowest BCUT2D eigenvalue weighted by Gasteiger charge is -2.11. The zero-order valence-corrected chi connectivity index (χ0v) is 11.7. The minimum atomic E-state index is -4.61. The number of alkyl halides is 3. The maximum atomic E-state index is 12.5.